The van der Waals surface area contributed by atoms with Gasteiger partial charge in [0.2, 0.25) is 0 Å². The van der Waals surface area contributed by atoms with E-state index >= 15 is 0 Å². The quantitative estimate of drug-likeness (QED) is 0.250. The van der Waals surface area contributed by atoms with E-state index in [4.69, 9.17) is 16.3 Å². The van der Waals surface area contributed by atoms with Crippen LogP contribution in [0.15, 0.2) is 62.6 Å². The third-order valence-corrected chi connectivity index (χ3v) is 8.71. The van der Waals surface area contributed by atoms with Crippen LogP contribution in [0.1, 0.15) is 17.5 Å². The van der Waals surface area contributed by atoms with E-state index in [1.165, 1.54) is 0 Å². The largest absolute Gasteiger partial charge is 0.487 e. The van der Waals surface area contributed by atoms with E-state index < -0.39 is 0 Å². The average molecular weight is 591 g/mol. The average Bonchev–Trinajstić information content (AvgIpc) is 3.57. The monoisotopic (exact) mass is 588 g/mol. The van der Waals surface area contributed by atoms with Gasteiger partial charge in [-0.3, -0.25) is 9.59 Å². The molecule has 7 rings (SSSR count). The lowest BCUT2D eigenvalue weighted by molar-refractivity contribution is -0.140. The molecule has 1 saturated heterocycles. The molecule has 0 spiro atoms. The first kappa shape index (κ1) is 21.6. The van der Waals surface area contributed by atoms with Gasteiger partial charge >= 0.3 is 0 Å². The standard InChI is InChI=1S/C25H19Br2ClN2O3/c26-19-7-13(8-20(27)23(19)33-11-12-1-3-14(28)4-2-12)10-29-30-24(31)21-15-5-6-16(18-9-17(15)18)22(21)25(30)32/h1-8,10,15-18,21-22H,9,11H2/b29-10-/t15-,16-,17-,18-,21-,22+/m0/s1. The van der Waals surface area contributed by atoms with Crippen molar-refractivity contribution in [3.8, 4) is 5.75 Å². The van der Waals surface area contributed by atoms with Crippen LogP contribution in [0.25, 0.3) is 0 Å². The molecule has 5 aliphatic rings. The second kappa shape index (κ2) is 8.07. The highest BCUT2D eigenvalue weighted by Crippen LogP contribution is 2.65. The number of hydrogen-bond acceptors (Lipinski definition) is 4. The molecule has 0 unspecified atom stereocenters. The molecule has 5 nitrogen and oxygen atoms in total. The van der Waals surface area contributed by atoms with Gasteiger partial charge in [0.15, 0.2) is 0 Å². The zero-order chi connectivity index (χ0) is 22.9. The molecule has 0 radical (unpaired) electrons. The van der Waals surface area contributed by atoms with Gasteiger partial charge in [-0.05, 0) is 97.3 Å². The molecule has 8 heteroatoms. The van der Waals surface area contributed by atoms with Crippen LogP contribution in [-0.2, 0) is 16.2 Å². The maximum atomic E-state index is 13.1. The Hall–Kier alpha value is -1.96. The van der Waals surface area contributed by atoms with Gasteiger partial charge in [-0.2, -0.15) is 10.1 Å². The molecule has 0 aromatic heterocycles. The normalized spacial score (nSPS) is 31.3. The van der Waals surface area contributed by atoms with E-state index in [0.717, 1.165) is 31.5 Å². The number of allylic oxidation sites excluding steroid dienone is 2. The van der Waals surface area contributed by atoms with Crippen LogP contribution in [0.3, 0.4) is 0 Å². The van der Waals surface area contributed by atoms with Crippen LogP contribution in [-0.4, -0.2) is 23.0 Å². The van der Waals surface area contributed by atoms with Crippen molar-refractivity contribution in [2.75, 3.05) is 0 Å². The number of carbonyl (C=O) groups excluding carboxylic acids is 2. The Bertz CT molecular complexity index is 1170. The molecule has 2 aromatic carbocycles. The van der Waals surface area contributed by atoms with Gasteiger partial charge in [0.25, 0.3) is 11.8 Å². The fraction of sp³-hybridized carbons (Fsp3) is 0.320. The topological polar surface area (TPSA) is 59.0 Å². The lowest BCUT2D eigenvalue weighted by Gasteiger charge is -2.37. The van der Waals surface area contributed by atoms with Crippen LogP contribution in [0.2, 0.25) is 5.02 Å². The third-order valence-electron chi connectivity index (χ3n) is 7.28. The van der Waals surface area contributed by atoms with Gasteiger partial charge < -0.3 is 4.74 Å². The maximum absolute atomic E-state index is 13.1. The molecule has 168 valence electrons. The summed E-state index contributed by atoms with van der Waals surface area (Å²) >= 11 is 13.0. The minimum Gasteiger partial charge on any atom is -0.487 e. The smallest absolute Gasteiger partial charge is 0.254 e. The van der Waals surface area contributed by atoms with Gasteiger partial charge in [-0.15, -0.1) is 0 Å². The number of imide groups is 1. The zero-order valence-corrected chi connectivity index (χ0v) is 21.3. The van der Waals surface area contributed by atoms with Crippen molar-refractivity contribution in [3.05, 3.63) is 73.6 Å². The molecule has 1 heterocycles. The minimum absolute atomic E-state index is 0.160. The number of hydrogen-bond donors (Lipinski definition) is 0. The lowest BCUT2D eigenvalue weighted by atomic mass is 9.63. The Morgan fingerprint density at radius 1 is 1.00 bits per heavy atom. The first-order chi connectivity index (χ1) is 15.9. The summed E-state index contributed by atoms with van der Waals surface area (Å²) in [5.74, 6) is 1.40. The lowest BCUT2D eigenvalue weighted by Crippen LogP contribution is -2.40. The summed E-state index contributed by atoms with van der Waals surface area (Å²) in [5.41, 5.74) is 1.74. The van der Waals surface area contributed by atoms with Crippen LogP contribution < -0.4 is 4.74 Å². The number of benzene rings is 2. The summed E-state index contributed by atoms with van der Waals surface area (Å²) in [7, 11) is 0. The van der Waals surface area contributed by atoms with Crippen molar-refractivity contribution in [3.63, 3.8) is 0 Å². The minimum atomic E-state index is -0.240. The first-order valence-corrected chi connectivity index (χ1v) is 12.8. The van der Waals surface area contributed by atoms with E-state index in [2.05, 4.69) is 49.1 Å². The van der Waals surface area contributed by atoms with Crippen molar-refractivity contribution in [1.82, 2.24) is 5.01 Å². The van der Waals surface area contributed by atoms with Crippen molar-refractivity contribution in [2.24, 2.45) is 40.6 Å². The van der Waals surface area contributed by atoms with Crippen LogP contribution in [0.5, 0.6) is 5.75 Å². The summed E-state index contributed by atoms with van der Waals surface area (Å²) in [4.78, 5) is 26.1. The molecule has 2 bridgehead atoms. The third kappa shape index (κ3) is 3.60. The molecule has 2 saturated carbocycles. The number of ether oxygens (including phenoxy) is 1. The van der Waals surface area contributed by atoms with E-state index in [1.807, 2.05) is 36.4 Å². The highest BCUT2D eigenvalue weighted by atomic mass is 79.9. The summed E-state index contributed by atoms with van der Waals surface area (Å²) in [6.45, 7) is 0.389. The summed E-state index contributed by atoms with van der Waals surface area (Å²) < 4.78 is 7.44. The molecule has 2 aromatic rings. The summed E-state index contributed by atoms with van der Waals surface area (Å²) in [5, 5.41) is 6.09. The Labute approximate surface area is 213 Å². The van der Waals surface area contributed by atoms with Crippen molar-refractivity contribution in [1.29, 1.82) is 0 Å². The number of halogens is 3. The number of rotatable bonds is 5. The molecular formula is C25H19Br2ClN2O3. The van der Waals surface area contributed by atoms with Crippen LogP contribution >= 0.6 is 43.5 Å². The van der Waals surface area contributed by atoms with Gasteiger partial charge in [-0.1, -0.05) is 35.9 Å². The predicted molar refractivity (Wildman–Crippen MR) is 132 cm³/mol. The predicted octanol–water partition coefficient (Wildman–Crippen LogP) is 5.83. The number of hydrazone groups is 1. The fourth-order valence-electron chi connectivity index (χ4n) is 5.71. The Kier molecular flexibility index (Phi) is 5.27. The van der Waals surface area contributed by atoms with E-state index in [9.17, 15) is 9.59 Å². The highest BCUT2D eigenvalue weighted by molar-refractivity contribution is 9.11. The second-order valence-corrected chi connectivity index (χ2v) is 11.3. The Balaban J connectivity index is 1.18. The second-order valence-electron chi connectivity index (χ2n) is 9.12. The number of carbonyl (C=O) groups is 2. The molecule has 3 fully saturated rings. The van der Waals surface area contributed by atoms with Crippen LogP contribution in [0, 0.1) is 35.5 Å². The maximum Gasteiger partial charge on any atom is 0.254 e. The van der Waals surface area contributed by atoms with Crippen molar-refractivity contribution in [2.45, 2.75) is 13.0 Å². The summed E-state index contributed by atoms with van der Waals surface area (Å²) in [6.07, 6.45) is 7.03. The molecule has 4 aliphatic carbocycles. The van der Waals surface area contributed by atoms with E-state index in [-0.39, 0.29) is 35.5 Å². The van der Waals surface area contributed by atoms with E-state index in [1.54, 1.807) is 6.21 Å². The fourth-order valence-corrected chi connectivity index (χ4v) is 7.28. The number of nitrogens with zero attached hydrogens (tertiary/aromatic N) is 2. The van der Waals surface area contributed by atoms with Crippen molar-refractivity contribution >= 4 is 61.5 Å². The Morgan fingerprint density at radius 3 is 2.15 bits per heavy atom. The molecule has 2 amide bonds. The van der Waals surface area contributed by atoms with Crippen LogP contribution in [0.4, 0.5) is 0 Å². The molecule has 6 atom stereocenters. The molecule has 1 aliphatic heterocycles. The molecule has 33 heavy (non-hydrogen) atoms. The van der Waals surface area contributed by atoms with Gasteiger partial charge in [-0.25, -0.2) is 0 Å². The number of amides is 2. The zero-order valence-electron chi connectivity index (χ0n) is 17.3. The van der Waals surface area contributed by atoms with Gasteiger partial charge in [0, 0.05) is 5.02 Å². The molecule has 0 N–H and O–H groups in total. The summed E-state index contributed by atoms with van der Waals surface area (Å²) in [6, 6.07) is 11.2. The van der Waals surface area contributed by atoms with Gasteiger partial charge in [0.1, 0.15) is 12.4 Å². The highest BCUT2D eigenvalue weighted by Gasteiger charge is 2.67. The van der Waals surface area contributed by atoms with Gasteiger partial charge in [0.05, 0.1) is 27.0 Å². The molecular weight excluding hydrogens is 572 g/mol. The SMILES string of the molecule is O=C1[C@@H]2[C@H]3C=C[C@@H]([C@@H]4C[C@@H]34)[C@@H]2C(=O)N1/N=C\c1cc(Br)c(OCc2ccc(Cl)cc2)c(Br)c1. The van der Waals surface area contributed by atoms with E-state index in [0.29, 0.717) is 29.2 Å². The first-order valence-electron chi connectivity index (χ1n) is 10.9. The van der Waals surface area contributed by atoms with Crippen molar-refractivity contribution < 1.29 is 14.3 Å². The Morgan fingerprint density at radius 2 is 1.58 bits per heavy atom.